The molecule has 2 N–H and O–H groups in total. The Morgan fingerprint density at radius 3 is 1.66 bits per heavy atom. The van der Waals surface area contributed by atoms with Gasteiger partial charge >= 0.3 is 11.9 Å². The number of benzene rings is 2. The number of rotatable bonds is 14. The number of methoxy groups -OCH3 is 1. The maximum Gasteiger partial charge on any atom is 0.309 e. The normalized spacial score (nSPS) is 18.4. The summed E-state index contributed by atoms with van der Waals surface area (Å²) in [7, 11) is 1.38. The van der Waals surface area contributed by atoms with Crippen molar-refractivity contribution in [2.45, 2.75) is 84.3 Å². The topological polar surface area (TPSA) is 112 Å². The Kier molecular flexibility index (Phi) is 13.6. The van der Waals surface area contributed by atoms with E-state index in [1.165, 1.54) is 7.11 Å². The summed E-state index contributed by atoms with van der Waals surface area (Å²) in [6.07, 6.45) is 2.60. The van der Waals surface area contributed by atoms with Crippen LogP contribution in [0.4, 0.5) is 0 Å². The van der Waals surface area contributed by atoms with Crippen LogP contribution in [0, 0.1) is 11.8 Å². The quantitative estimate of drug-likeness (QED) is 0.288. The van der Waals surface area contributed by atoms with Crippen LogP contribution in [-0.2, 0) is 24.5 Å². The monoisotopic (exact) mass is 572 g/mol. The molecular weight excluding hydrogens is 524 g/mol. The van der Waals surface area contributed by atoms with Crippen LogP contribution >= 0.6 is 0 Å². The van der Waals surface area contributed by atoms with Gasteiger partial charge in [0.05, 0.1) is 25.0 Å². The molecule has 1 fully saturated rings. The first kappa shape index (κ1) is 34.1. The highest BCUT2D eigenvalue weighted by Crippen LogP contribution is 2.34. The van der Waals surface area contributed by atoms with Crippen LogP contribution < -0.4 is 9.47 Å². The van der Waals surface area contributed by atoms with Gasteiger partial charge < -0.3 is 29.2 Å². The van der Waals surface area contributed by atoms with Gasteiger partial charge in [0.2, 0.25) is 0 Å². The van der Waals surface area contributed by atoms with Crippen molar-refractivity contribution in [1.29, 1.82) is 0 Å². The van der Waals surface area contributed by atoms with Crippen molar-refractivity contribution in [3.63, 3.8) is 0 Å². The molecule has 2 aromatic rings. The van der Waals surface area contributed by atoms with Crippen molar-refractivity contribution in [1.82, 2.24) is 0 Å². The Labute approximate surface area is 245 Å². The van der Waals surface area contributed by atoms with E-state index in [0.717, 1.165) is 29.7 Å². The lowest BCUT2D eigenvalue weighted by atomic mass is 9.78. The predicted molar refractivity (Wildman–Crippen MR) is 158 cm³/mol. The van der Waals surface area contributed by atoms with Gasteiger partial charge in [-0.3, -0.25) is 9.59 Å². The molecule has 0 amide bonds. The van der Waals surface area contributed by atoms with Crippen LogP contribution in [0.5, 0.6) is 11.5 Å². The first-order chi connectivity index (χ1) is 19.1. The molecule has 2 atom stereocenters. The highest BCUT2D eigenvalue weighted by Gasteiger charge is 2.31. The van der Waals surface area contributed by atoms with E-state index in [-0.39, 0.29) is 56.4 Å². The van der Waals surface area contributed by atoms with Gasteiger partial charge in [-0.25, -0.2) is 0 Å². The molecule has 1 aliphatic rings. The molecule has 0 bridgehead atoms. The second-order valence-electron chi connectivity index (χ2n) is 11.1. The SMILES string of the molecule is C.CCCC(O)COc1ccc(C(C)(C)c2ccc(OCC(O)COC(=O)C3CCC(C(=O)OC)CC3)cc2)cc1. The number of esters is 2. The van der Waals surface area contributed by atoms with Crippen molar-refractivity contribution >= 4 is 11.9 Å². The predicted octanol–water partition coefficient (Wildman–Crippen LogP) is 5.45. The largest absolute Gasteiger partial charge is 0.491 e. The zero-order valence-corrected chi connectivity index (χ0v) is 24.1. The molecule has 1 aliphatic carbocycles. The number of ether oxygens (including phenoxy) is 4. The van der Waals surface area contributed by atoms with E-state index in [1.807, 2.05) is 55.5 Å². The number of hydrogen-bond donors (Lipinski definition) is 2. The Bertz CT molecular complexity index is 1060. The Balaban J connectivity index is 0.00000588. The number of hydrogen-bond acceptors (Lipinski definition) is 8. The Hall–Kier alpha value is -3.10. The fraction of sp³-hybridized carbons (Fsp3) is 0.576. The smallest absolute Gasteiger partial charge is 0.309 e. The average molecular weight is 573 g/mol. The molecule has 0 saturated heterocycles. The van der Waals surface area contributed by atoms with E-state index >= 15 is 0 Å². The molecule has 41 heavy (non-hydrogen) atoms. The lowest BCUT2D eigenvalue weighted by Crippen LogP contribution is -2.31. The van der Waals surface area contributed by atoms with Gasteiger partial charge in [-0.1, -0.05) is 58.9 Å². The third kappa shape index (κ3) is 10.0. The molecule has 0 radical (unpaired) electrons. The number of aliphatic hydroxyl groups excluding tert-OH is 2. The van der Waals surface area contributed by atoms with Gasteiger partial charge in [0.25, 0.3) is 0 Å². The van der Waals surface area contributed by atoms with Gasteiger partial charge in [0, 0.05) is 5.41 Å². The van der Waals surface area contributed by atoms with Crippen molar-refractivity contribution in [3.05, 3.63) is 59.7 Å². The van der Waals surface area contributed by atoms with Crippen LogP contribution in [-0.4, -0.2) is 61.3 Å². The van der Waals surface area contributed by atoms with Gasteiger partial charge in [0.1, 0.15) is 37.4 Å². The zero-order valence-electron chi connectivity index (χ0n) is 24.1. The Morgan fingerprint density at radius 1 is 0.780 bits per heavy atom. The van der Waals surface area contributed by atoms with Crippen molar-refractivity contribution in [2.24, 2.45) is 11.8 Å². The van der Waals surface area contributed by atoms with Crippen LogP contribution in [0.15, 0.2) is 48.5 Å². The van der Waals surface area contributed by atoms with Crippen LogP contribution in [0.25, 0.3) is 0 Å². The number of carbonyl (C=O) groups is 2. The molecule has 0 spiro atoms. The van der Waals surface area contributed by atoms with Gasteiger partial charge in [-0.2, -0.15) is 0 Å². The van der Waals surface area contributed by atoms with Crippen molar-refractivity contribution < 1.29 is 38.7 Å². The van der Waals surface area contributed by atoms with Crippen molar-refractivity contribution in [2.75, 3.05) is 26.9 Å². The molecule has 8 heteroatoms. The fourth-order valence-corrected chi connectivity index (χ4v) is 4.98. The summed E-state index contributed by atoms with van der Waals surface area (Å²) >= 11 is 0. The molecule has 0 aliphatic heterocycles. The standard InChI is InChI=1S/C32H44O8.CH4/c1-5-6-26(33)19-38-28-15-11-24(12-16-28)32(2,3)25-13-17-29(18-14-25)39-20-27(34)21-40-31(36)23-9-7-22(8-10-23)30(35)37-4;/h11-18,22-23,26-27,33-34H,5-10,19-21H2,1-4H3;1H4. The first-order valence-electron chi connectivity index (χ1n) is 14.2. The summed E-state index contributed by atoms with van der Waals surface area (Å²) in [5, 5.41) is 20.1. The van der Waals surface area contributed by atoms with E-state index in [9.17, 15) is 19.8 Å². The molecule has 2 unspecified atom stereocenters. The van der Waals surface area contributed by atoms with E-state index in [1.54, 1.807) is 0 Å². The summed E-state index contributed by atoms with van der Waals surface area (Å²) in [6.45, 7) is 6.46. The Morgan fingerprint density at radius 2 is 1.22 bits per heavy atom. The summed E-state index contributed by atoms with van der Waals surface area (Å²) in [5.74, 6) is 0.362. The van der Waals surface area contributed by atoms with E-state index in [4.69, 9.17) is 18.9 Å². The molecule has 3 rings (SSSR count). The van der Waals surface area contributed by atoms with Crippen molar-refractivity contribution in [3.8, 4) is 11.5 Å². The fourth-order valence-electron chi connectivity index (χ4n) is 4.98. The lowest BCUT2D eigenvalue weighted by molar-refractivity contribution is -0.156. The summed E-state index contributed by atoms with van der Waals surface area (Å²) in [4.78, 5) is 24.0. The van der Waals surface area contributed by atoms with Gasteiger partial charge in [-0.15, -0.1) is 0 Å². The molecular formula is C33H48O8. The van der Waals surface area contributed by atoms with Gasteiger partial charge in [-0.05, 0) is 67.5 Å². The van der Waals surface area contributed by atoms with Gasteiger partial charge in [0.15, 0.2) is 0 Å². The van der Waals surface area contributed by atoms with E-state index < -0.39 is 12.2 Å². The molecule has 0 aromatic heterocycles. The second kappa shape index (κ2) is 16.4. The maximum absolute atomic E-state index is 12.4. The van der Waals surface area contributed by atoms with Crippen LogP contribution in [0.2, 0.25) is 0 Å². The second-order valence-corrected chi connectivity index (χ2v) is 11.1. The summed E-state index contributed by atoms with van der Waals surface area (Å²) < 4.78 is 21.5. The molecule has 1 saturated carbocycles. The molecule has 2 aromatic carbocycles. The molecule has 0 heterocycles. The molecule has 228 valence electrons. The van der Waals surface area contributed by atoms with E-state index in [2.05, 4.69) is 13.8 Å². The third-order valence-electron chi connectivity index (χ3n) is 7.67. The van der Waals surface area contributed by atoms with Crippen LogP contribution in [0.3, 0.4) is 0 Å². The maximum atomic E-state index is 12.4. The summed E-state index contributed by atoms with van der Waals surface area (Å²) in [6, 6.07) is 15.6. The minimum atomic E-state index is -0.949. The third-order valence-corrected chi connectivity index (χ3v) is 7.67. The minimum Gasteiger partial charge on any atom is -0.491 e. The summed E-state index contributed by atoms with van der Waals surface area (Å²) in [5.41, 5.74) is 1.96. The highest BCUT2D eigenvalue weighted by atomic mass is 16.5. The number of carbonyl (C=O) groups excluding carboxylic acids is 2. The average Bonchev–Trinajstić information content (AvgIpc) is 2.98. The zero-order chi connectivity index (χ0) is 29.1. The van der Waals surface area contributed by atoms with Crippen LogP contribution in [0.1, 0.15) is 77.8 Å². The van der Waals surface area contributed by atoms with E-state index in [0.29, 0.717) is 31.4 Å². The lowest BCUT2D eigenvalue weighted by Gasteiger charge is -2.27. The first-order valence-corrected chi connectivity index (χ1v) is 14.2. The highest BCUT2D eigenvalue weighted by molar-refractivity contribution is 5.75. The minimum absolute atomic E-state index is 0. The molecule has 8 nitrogen and oxygen atoms in total. The number of aliphatic hydroxyl groups is 2.